The van der Waals surface area contributed by atoms with Crippen LogP contribution >= 0.6 is 11.8 Å². The van der Waals surface area contributed by atoms with E-state index in [1.54, 1.807) is 18.0 Å². The van der Waals surface area contributed by atoms with Crippen molar-refractivity contribution in [3.63, 3.8) is 0 Å². The third kappa shape index (κ3) is 4.65. The van der Waals surface area contributed by atoms with Crippen molar-refractivity contribution in [2.75, 3.05) is 11.6 Å². The van der Waals surface area contributed by atoms with Crippen LogP contribution in [0.25, 0.3) is 0 Å². The van der Waals surface area contributed by atoms with Crippen molar-refractivity contribution in [3.05, 3.63) is 59.7 Å². The zero-order valence-electron chi connectivity index (χ0n) is 12.0. The van der Waals surface area contributed by atoms with E-state index in [1.165, 1.54) is 4.90 Å². The molecule has 108 valence electrons. The van der Waals surface area contributed by atoms with E-state index in [-0.39, 0.29) is 6.03 Å². The van der Waals surface area contributed by atoms with E-state index in [0.29, 0.717) is 0 Å². The summed E-state index contributed by atoms with van der Waals surface area (Å²) in [4.78, 5) is 12.9. The van der Waals surface area contributed by atoms with Crippen molar-refractivity contribution < 1.29 is 4.79 Å². The Kier molecular flexibility index (Phi) is 5.40. The molecule has 2 aromatic rings. The number of amides is 2. The van der Waals surface area contributed by atoms with Crippen LogP contribution in [0.2, 0.25) is 0 Å². The number of hydrogen-bond acceptors (Lipinski definition) is 3. The first-order chi connectivity index (χ1) is 10.2. The van der Waals surface area contributed by atoms with Gasteiger partial charge in [-0.15, -0.1) is 11.8 Å². The largest absolute Gasteiger partial charge is 0.339 e. The fourth-order valence-corrected chi connectivity index (χ4v) is 2.13. The number of thioether (sulfide) groups is 1. The summed E-state index contributed by atoms with van der Waals surface area (Å²) in [6, 6.07) is 15.2. The molecular weight excluding hydrogens is 282 g/mol. The maximum Gasteiger partial charge on any atom is 0.339 e. The van der Waals surface area contributed by atoms with Gasteiger partial charge in [-0.1, -0.05) is 30.3 Å². The average Bonchev–Trinajstić information content (AvgIpc) is 2.50. The van der Waals surface area contributed by atoms with Crippen molar-refractivity contribution in [2.45, 2.75) is 11.8 Å². The predicted molar refractivity (Wildman–Crippen MR) is 89.2 cm³/mol. The van der Waals surface area contributed by atoms with Crippen LogP contribution < -0.4 is 10.7 Å². The van der Waals surface area contributed by atoms with Crippen molar-refractivity contribution >= 4 is 29.7 Å². The molecule has 0 aromatic heterocycles. The Morgan fingerprint density at radius 2 is 1.86 bits per heavy atom. The number of aryl methyl sites for hydroxylation is 1. The molecule has 0 heterocycles. The summed E-state index contributed by atoms with van der Waals surface area (Å²) in [5.41, 5.74) is 5.16. The lowest BCUT2D eigenvalue weighted by molar-refractivity contribution is 0.252. The number of carbonyl (C=O) groups is 1. The number of hydrogen-bond donors (Lipinski definition) is 2. The van der Waals surface area contributed by atoms with Gasteiger partial charge in [0, 0.05) is 10.6 Å². The zero-order valence-corrected chi connectivity index (χ0v) is 12.8. The minimum Gasteiger partial charge on any atom is -0.306 e. The van der Waals surface area contributed by atoms with Gasteiger partial charge in [0.25, 0.3) is 0 Å². The summed E-state index contributed by atoms with van der Waals surface area (Å²) in [7, 11) is 0. The molecule has 2 N–H and O–H groups in total. The lowest BCUT2D eigenvalue weighted by atomic mass is 10.2. The zero-order chi connectivity index (χ0) is 15.1. The Labute approximate surface area is 128 Å². The molecule has 2 aromatic carbocycles. The molecule has 2 amide bonds. The fraction of sp³-hybridized carbons (Fsp3) is 0.125. The molecule has 0 unspecified atom stereocenters. The van der Waals surface area contributed by atoms with E-state index < -0.39 is 0 Å². The quantitative estimate of drug-likeness (QED) is 0.511. The lowest BCUT2D eigenvalue weighted by Crippen LogP contribution is -2.24. The molecule has 0 spiro atoms. The third-order valence-electron chi connectivity index (χ3n) is 2.89. The monoisotopic (exact) mass is 299 g/mol. The predicted octanol–water partition coefficient (Wildman–Crippen LogP) is 3.87. The second kappa shape index (κ2) is 7.50. The highest BCUT2D eigenvalue weighted by Gasteiger charge is 2.01. The molecule has 0 saturated heterocycles. The fourth-order valence-electron chi connectivity index (χ4n) is 1.72. The highest BCUT2D eigenvalue weighted by molar-refractivity contribution is 7.98. The van der Waals surface area contributed by atoms with E-state index >= 15 is 0 Å². The van der Waals surface area contributed by atoms with E-state index in [0.717, 1.165) is 16.8 Å². The number of hydrazone groups is 1. The Bertz CT molecular complexity index is 638. The van der Waals surface area contributed by atoms with Gasteiger partial charge in [0.1, 0.15) is 0 Å². The summed E-state index contributed by atoms with van der Waals surface area (Å²) in [5, 5.41) is 6.68. The number of urea groups is 1. The molecule has 0 radical (unpaired) electrons. The van der Waals surface area contributed by atoms with Crippen LogP contribution in [0.1, 0.15) is 11.1 Å². The first-order valence-electron chi connectivity index (χ1n) is 6.49. The molecule has 2 rings (SSSR count). The molecule has 4 nitrogen and oxygen atoms in total. The van der Waals surface area contributed by atoms with E-state index in [2.05, 4.69) is 15.8 Å². The normalized spacial score (nSPS) is 10.6. The van der Waals surface area contributed by atoms with Crippen LogP contribution in [0.15, 0.2) is 58.5 Å². The van der Waals surface area contributed by atoms with Crippen LogP contribution in [0.5, 0.6) is 0 Å². The molecule has 21 heavy (non-hydrogen) atoms. The van der Waals surface area contributed by atoms with Crippen molar-refractivity contribution in [1.82, 2.24) is 5.43 Å². The molecule has 0 atom stereocenters. The molecule has 0 saturated carbocycles. The van der Waals surface area contributed by atoms with Gasteiger partial charge in [-0.05, 0) is 42.5 Å². The van der Waals surface area contributed by atoms with Crippen LogP contribution in [0, 0.1) is 6.92 Å². The van der Waals surface area contributed by atoms with Crippen molar-refractivity contribution in [1.29, 1.82) is 0 Å². The number of nitrogens with one attached hydrogen (secondary N) is 2. The minimum absolute atomic E-state index is 0.360. The number of rotatable bonds is 4. The van der Waals surface area contributed by atoms with Gasteiger partial charge in [0.15, 0.2) is 0 Å². The molecule has 0 aliphatic heterocycles. The molecule has 0 fully saturated rings. The van der Waals surface area contributed by atoms with Crippen molar-refractivity contribution in [2.24, 2.45) is 5.10 Å². The summed E-state index contributed by atoms with van der Waals surface area (Å²) in [6.45, 7) is 1.94. The second-order valence-corrected chi connectivity index (χ2v) is 5.29. The topological polar surface area (TPSA) is 53.5 Å². The minimum atomic E-state index is -0.360. The number of anilines is 1. The van der Waals surface area contributed by atoms with E-state index in [4.69, 9.17) is 0 Å². The SMILES string of the molecule is CSc1ccc(C=NNC(=O)Nc2ccccc2C)cc1. The molecule has 0 bridgehead atoms. The van der Waals surface area contributed by atoms with Crippen LogP contribution in [0.3, 0.4) is 0 Å². The van der Waals surface area contributed by atoms with Gasteiger partial charge in [0.2, 0.25) is 0 Å². The number of carbonyl (C=O) groups excluding carboxylic acids is 1. The Morgan fingerprint density at radius 3 is 2.52 bits per heavy atom. The maximum atomic E-state index is 11.7. The highest BCUT2D eigenvalue weighted by atomic mass is 32.2. The van der Waals surface area contributed by atoms with Gasteiger partial charge >= 0.3 is 6.03 Å². The first-order valence-corrected chi connectivity index (χ1v) is 7.71. The van der Waals surface area contributed by atoms with Gasteiger partial charge in [-0.25, -0.2) is 10.2 Å². The summed E-state index contributed by atoms with van der Waals surface area (Å²) >= 11 is 1.68. The van der Waals surface area contributed by atoms with Gasteiger partial charge in [-0.3, -0.25) is 0 Å². The van der Waals surface area contributed by atoms with Crippen LogP contribution in [-0.2, 0) is 0 Å². The number of para-hydroxylation sites is 1. The first kappa shape index (κ1) is 15.1. The van der Waals surface area contributed by atoms with Crippen molar-refractivity contribution in [3.8, 4) is 0 Å². The lowest BCUT2D eigenvalue weighted by Gasteiger charge is -2.06. The van der Waals surface area contributed by atoms with E-state index in [1.807, 2.05) is 61.7 Å². The van der Waals surface area contributed by atoms with Gasteiger partial charge in [-0.2, -0.15) is 5.10 Å². The van der Waals surface area contributed by atoms with Gasteiger partial charge < -0.3 is 5.32 Å². The van der Waals surface area contributed by atoms with Crippen LogP contribution in [-0.4, -0.2) is 18.5 Å². The van der Waals surface area contributed by atoms with E-state index in [9.17, 15) is 4.79 Å². The molecule has 0 aliphatic rings. The smallest absolute Gasteiger partial charge is 0.306 e. The van der Waals surface area contributed by atoms with Gasteiger partial charge in [0.05, 0.1) is 6.21 Å². The summed E-state index contributed by atoms with van der Waals surface area (Å²) in [6.07, 6.45) is 3.64. The Morgan fingerprint density at radius 1 is 1.14 bits per heavy atom. The summed E-state index contributed by atoms with van der Waals surface area (Å²) in [5.74, 6) is 0. The molecular formula is C16H17N3OS. The highest BCUT2D eigenvalue weighted by Crippen LogP contribution is 2.14. The standard InChI is InChI=1S/C16H17N3OS/c1-12-5-3-4-6-15(12)18-16(20)19-17-11-13-7-9-14(21-2)10-8-13/h3-11H,1-2H3,(H2,18,19,20). The van der Waals surface area contributed by atoms with Crippen LogP contribution in [0.4, 0.5) is 10.5 Å². The number of benzene rings is 2. The number of nitrogens with zero attached hydrogens (tertiary/aromatic N) is 1. The average molecular weight is 299 g/mol. The maximum absolute atomic E-state index is 11.7. The molecule has 5 heteroatoms. The Balaban J connectivity index is 1.88. The Hall–Kier alpha value is -2.27. The second-order valence-electron chi connectivity index (χ2n) is 4.41. The third-order valence-corrected chi connectivity index (χ3v) is 3.63. The summed E-state index contributed by atoms with van der Waals surface area (Å²) < 4.78 is 0. The molecule has 0 aliphatic carbocycles.